The highest BCUT2D eigenvalue weighted by Crippen LogP contribution is 2.45. The van der Waals surface area contributed by atoms with Crippen molar-refractivity contribution in [3.8, 4) is 0 Å². The minimum absolute atomic E-state index is 0.227. The number of carbonyl (C=O) groups is 3. The third-order valence-electron chi connectivity index (χ3n) is 7.74. The fraction of sp³-hybridized carbons (Fsp3) is 0.323. The van der Waals surface area contributed by atoms with Crippen molar-refractivity contribution >= 4 is 23.4 Å². The van der Waals surface area contributed by atoms with E-state index in [4.69, 9.17) is 0 Å². The first-order valence-electron chi connectivity index (χ1n) is 12.6. The van der Waals surface area contributed by atoms with Crippen LogP contribution in [-0.2, 0) is 11.2 Å². The standard InChI is InChI=1S/C31H32N2O3/c1-19-15-25-21(3)18-31(4,5)33(26(25)16-20(19)2)30(36)27(17-22-11-7-6-8-12-22)32-28(34)23-13-9-10-14-24(23)29(32)35/h6-16,21,27H,17-18H2,1-5H3/t21-,27+/m0/s1. The second-order valence-electron chi connectivity index (χ2n) is 10.8. The molecule has 0 saturated carbocycles. The molecule has 0 unspecified atom stereocenters. The number of anilines is 1. The molecule has 2 heterocycles. The summed E-state index contributed by atoms with van der Waals surface area (Å²) >= 11 is 0. The van der Waals surface area contributed by atoms with E-state index in [0.717, 1.165) is 28.8 Å². The number of imide groups is 1. The van der Waals surface area contributed by atoms with E-state index < -0.39 is 23.4 Å². The summed E-state index contributed by atoms with van der Waals surface area (Å²) in [4.78, 5) is 44.7. The summed E-state index contributed by atoms with van der Waals surface area (Å²) in [5.41, 5.74) is 5.42. The van der Waals surface area contributed by atoms with E-state index in [9.17, 15) is 14.4 Å². The van der Waals surface area contributed by atoms with E-state index in [1.54, 1.807) is 24.3 Å². The predicted octanol–water partition coefficient (Wildman–Crippen LogP) is 5.83. The van der Waals surface area contributed by atoms with Crippen molar-refractivity contribution < 1.29 is 14.4 Å². The smallest absolute Gasteiger partial charge is 0.262 e. The van der Waals surface area contributed by atoms with Crippen LogP contribution >= 0.6 is 0 Å². The van der Waals surface area contributed by atoms with Gasteiger partial charge in [0.15, 0.2) is 0 Å². The fourth-order valence-electron chi connectivity index (χ4n) is 5.87. The Morgan fingerprint density at radius 3 is 2.08 bits per heavy atom. The van der Waals surface area contributed by atoms with E-state index >= 15 is 0 Å². The van der Waals surface area contributed by atoms with E-state index in [1.165, 1.54) is 10.5 Å². The Bertz CT molecular complexity index is 1340. The van der Waals surface area contributed by atoms with Gasteiger partial charge >= 0.3 is 0 Å². The summed E-state index contributed by atoms with van der Waals surface area (Å²) in [6, 6.07) is 19.7. The maximum absolute atomic E-state index is 14.6. The molecule has 2 atom stereocenters. The lowest BCUT2D eigenvalue weighted by atomic mass is 9.78. The van der Waals surface area contributed by atoms with Gasteiger partial charge in [0.05, 0.1) is 11.1 Å². The molecule has 0 radical (unpaired) electrons. The normalized spacial score (nSPS) is 19.2. The first-order valence-corrected chi connectivity index (χ1v) is 12.6. The molecule has 3 aromatic rings. The van der Waals surface area contributed by atoms with Gasteiger partial charge in [-0.05, 0) is 80.5 Å². The lowest BCUT2D eigenvalue weighted by Crippen LogP contribution is -2.59. The average molecular weight is 481 g/mol. The summed E-state index contributed by atoms with van der Waals surface area (Å²) < 4.78 is 0. The number of hydrogen-bond donors (Lipinski definition) is 0. The average Bonchev–Trinajstić information content (AvgIpc) is 3.09. The zero-order valence-electron chi connectivity index (χ0n) is 21.5. The Morgan fingerprint density at radius 1 is 0.917 bits per heavy atom. The summed E-state index contributed by atoms with van der Waals surface area (Å²) in [7, 11) is 0. The number of benzene rings is 3. The molecule has 184 valence electrons. The third-order valence-corrected chi connectivity index (χ3v) is 7.74. The van der Waals surface area contributed by atoms with Crippen LogP contribution in [0.4, 0.5) is 5.69 Å². The largest absolute Gasteiger partial charge is 0.305 e. The number of rotatable bonds is 4. The van der Waals surface area contributed by atoms with Gasteiger partial charge in [-0.15, -0.1) is 0 Å². The zero-order valence-corrected chi connectivity index (χ0v) is 21.5. The van der Waals surface area contributed by atoms with E-state index in [2.05, 4.69) is 46.8 Å². The fourth-order valence-corrected chi connectivity index (χ4v) is 5.87. The molecule has 0 spiro atoms. The van der Waals surface area contributed by atoms with Crippen molar-refractivity contribution in [1.29, 1.82) is 0 Å². The molecular formula is C31H32N2O3. The van der Waals surface area contributed by atoms with Crippen molar-refractivity contribution in [2.24, 2.45) is 0 Å². The van der Waals surface area contributed by atoms with Crippen molar-refractivity contribution in [3.05, 3.63) is 100 Å². The highest BCUT2D eigenvalue weighted by molar-refractivity contribution is 6.23. The molecule has 5 rings (SSSR count). The minimum atomic E-state index is -0.957. The van der Waals surface area contributed by atoms with Gasteiger partial charge in [-0.25, -0.2) is 0 Å². The van der Waals surface area contributed by atoms with E-state index in [1.807, 2.05) is 35.2 Å². The first kappa shape index (κ1) is 24.0. The molecule has 2 aliphatic heterocycles. The maximum Gasteiger partial charge on any atom is 0.262 e. The van der Waals surface area contributed by atoms with Gasteiger partial charge in [0, 0.05) is 17.6 Å². The number of hydrogen-bond acceptors (Lipinski definition) is 3. The Kier molecular flexibility index (Phi) is 5.82. The SMILES string of the molecule is Cc1cc2c(cc1C)N(C(=O)[C@@H](Cc1ccccc1)N1C(=O)c3ccccc3C1=O)C(C)(C)C[C@@H]2C. The highest BCUT2D eigenvalue weighted by Gasteiger charge is 2.48. The summed E-state index contributed by atoms with van der Waals surface area (Å²) in [5, 5.41) is 0. The molecule has 0 N–H and O–H groups in total. The summed E-state index contributed by atoms with van der Waals surface area (Å²) in [6.07, 6.45) is 1.04. The Labute approximate surface area is 212 Å². The molecule has 36 heavy (non-hydrogen) atoms. The molecule has 0 fully saturated rings. The number of nitrogens with zero attached hydrogens (tertiary/aromatic N) is 2. The molecule has 2 aliphatic rings. The van der Waals surface area contributed by atoms with Gasteiger partial charge in [0.2, 0.25) is 0 Å². The van der Waals surface area contributed by atoms with Gasteiger partial charge < -0.3 is 4.90 Å². The predicted molar refractivity (Wildman–Crippen MR) is 141 cm³/mol. The maximum atomic E-state index is 14.6. The van der Waals surface area contributed by atoms with Crippen LogP contribution < -0.4 is 4.90 Å². The Morgan fingerprint density at radius 2 is 1.47 bits per heavy atom. The van der Waals surface area contributed by atoms with Gasteiger partial charge in [0.1, 0.15) is 6.04 Å². The summed E-state index contributed by atoms with van der Waals surface area (Å²) in [6.45, 7) is 10.5. The van der Waals surface area contributed by atoms with Crippen molar-refractivity contribution in [2.45, 2.75) is 65.0 Å². The van der Waals surface area contributed by atoms with Gasteiger partial charge in [0.25, 0.3) is 17.7 Å². The Balaban J connectivity index is 1.64. The van der Waals surface area contributed by atoms with Crippen LogP contribution in [-0.4, -0.2) is 34.2 Å². The van der Waals surface area contributed by atoms with E-state index in [0.29, 0.717) is 11.1 Å². The lowest BCUT2D eigenvalue weighted by Gasteiger charge is -2.48. The number of carbonyl (C=O) groups excluding carboxylic acids is 3. The molecular weight excluding hydrogens is 448 g/mol. The minimum Gasteiger partial charge on any atom is -0.305 e. The van der Waals surface area contributed by atoms with E-state index in [-0.39, 0.29) is 18.2 Å². The zero-order chi connectivity index (χ0) is 25.8. The van der Waals surface area contributed by atoms with Crippen LogP contribution in [0.3, 0.4) is 0 Å². The van der Waals surface area contributed by atoms with Gasteiger partial charge in [-0.2, -0.15) is 0 Å². The van der Waals surface area contributed by atoms with Crippen molar-refractivity contribution in [1.82, 2.24) is 4.90 Å². The molecule has 0 bridgehead atoms. The molecule has 5 heteroatoms. The molecule has 3 amide bonds. The topological polar surface area (TPSA) is 57.7 Å². The summed E-state index contributed by atoms with van der Waals surface area (Å²) in [5.74, 6) is -0.762. The molecule has 0 aromatic heterocycles. The van der Waals surface area contributed by atoms with Crippen molar-refractivity contribution in [3.63, 3.8) is 0 Å². The number of aryl methyl sites for hydroxylation is 2. The van der Waals surface area contributed by atoms with Gasteiger partial charge in [-0.1, -0.05) is 55.5 Å². The molecule has 0 aliphatic carbocycles. The molecule has 5 nitrogen and oxygen atoms in total. The molecule has 3 aromatic carbocycles. The van der Waals surface area contributed by atoms with Crippen LogP contribution in [0, 0.1) is 13.8 Å². The van der Waals surface area contributed by atoms with Crippen LogP contribution in [0.25, 0.3) is 0 Å². The highest BCUT2D eigenvalue weighted by atomic mass is 16.2. The first-order chi connectivity index (χ1) is 17.1. The van der Waals surface area contributed by atoms with Gasteiger partial charge in [-0.3, -0.25) is 19.3 Å². The number of fused-ring (bicyclic) bond motifs is 2. The van der Waals surface area contributed by atoms with Crippen LogP contribution in [0.2, 0.25) is 0 Å². The third kappa shape index (κ3) is 3.83. The van der Waals surface area contributed by atoms with Crippen LogP contribution in [0.1, 0.15) is 76.1 Å². The second kappa shape index (κ2) is 8.74. The van der Waals surface area contributed by atoms with Crippen LogP contribution in [0.15, 0.2) is 66.7 Å². The molecule has 0 saturated heterocycles. The monoisotopic (exact) mass is 480 g/mol. The quantitative estimate of drug-likeness (QED) is 0.442. The second-order valence-corrected chi connectivity index (χ2v) is 10.8. The number of amides is 3. The lowest BCUT2D eigenvalue weighted by molar-refractivity contribution is -0.123. The Hall–Kier alpha value is -3.73. The van der Waals surface area contributed by atoms with Crippen LogP contribution in [0.5, 0.6) is 0 Å². The van der Waals surface area contributed by atoms with Crippen molar-refractivity contribution in [2.75, 3.05) is 4.90 Å².